The molecule has 1 aromatic rings. The Morgan fingerprint density at radius 1 is 1.38 bits per heavy atom. The lowest BCUT2D eigenvalue weighted by molar-refractivity contribution is -0.117. The fourth-order valence-corrected chi connectivity index (χ4v) is 4.15. The van der Waals surface area contributed by atoms with Crippen molar-refractivity contribution in [3.8, 4) is 5.75 Å². The number of carbonyl (C=O) groups is 1. The number of amides is 1. The molecule has 0 radical (unpaired) electrons. The Hall–Kier alpha value is -1.27. The van der Waals surface area contributed by atoms with Crippen LogP contribution in [0.2, 0.25) is 5.02 Å². The second-order valence-electron chi connectivity index (χ2n) is 5.19. The molecule has 21 heavy (non-hydrogen) atoms. The van der Waals surface area contributed by atoms with Gasteiger partial charge in [-0.1, -0.05) is 11.6 Å². The summed E-state index contributed by atoms with van der Waals surface area (Å²) in [5, 5.41) is 3.28. The van der Waals surface area contributed by atoms with Gasteiger partial charge in [-0.2, -0.15) is 0 Å². The maximum atomic E-state index is 12.1. The van der Waals surface area contributed by atoms with Crippen molar-refractivity contribution < 1.29 is 17.9 Å². The largest absolute Gasteiger partial charge is 0.495 e. The number of hydrogen-bond donors (Lipinski definition) is 1. The molecule has 0 spiro atoms. The number of sulfone groups is 1. The Kier molecular flexibility index (Phi) is 5.11. The van der Waals surface area contributed by atoms with Crippen LogP contribution < -0.4 is 10.1 Å². The van der Waals surface area contributed by atoms with Crippen LogP contribution in [-0.4, -0.2) is 32.9 Å². The van der Waals surface area contributed by atoms with Crippen molar-refractivity contribution in [2.75, 3.05) is 23.9 Å². The van der Waals surface area contributed by atoms with Gasteiger partial charge in [-0.05, 0) is 37.0 Å². The van der Waals surface area contributed by atoms with Crippen LogP contribution in [0.1, 0.15) is 19.3 Å². The lowest BCUT2D eigenvalue weighted by Crippen LogP contribution is -2.26. The summed E-state index contributed by atoms with van der Waals surface area (Å²) in [6.07, 6.45) is 1.40. The summed E-state index contributed by atoms with van der Waals surface area (Å²) in [7, 11) is -1.38. The van der Waals surface area contributed by atoms with Gasteiger partial charge in [0.2, 0.25) is 5.91 Å². The molecule has 2 rings (SSSR count). The standard InChI is InChI=1S/C14H18ClNO4S/c1-20-13-3-2-11(15)9-12(13)16-14(17)8-10-4-6-21(18,19)7-5-10/h2-3,9-10H,4-8H2,1H3,(H,16,17). The molecular weight excluding hydrogens is 314 g/mol. The maximum absolute atomic E-state index is 12.1. The molecular formula is C14H18ClNO4S. The average Bonchev–Trinajstić information content (AvgIpc) is 2.41. The molecule has 1 N–H and O–H groups in total. The Labute approximate surface area is 129 Å². The van der Waals surface area contributed by atoms with Crippen molar-refractivity contribution in [1.29, 1.82) is 0 Å². The lowest BCUT2D eigenvalue weighted by atomic mass is 9.98. The maximum Gasteiger partial charge on any atom is 0.224 e. The summed E-state index contributed by atoms with van der Waals surface area (Å²) in [6.45, 7) is 0. The van der Waals surface area contributed by atoms with Crippen molar-refractivity contribution in [1.82, 2.24) is 0 Å². The Bertz CT molecular complexity index is 616. The lowest BCUT2D eigenvalue weighted by Gasteiger charge is -2.21. The molecule has 0 aliphatic carbocycles. The predicted octanol–water partition coefficient (Wildman–Crippen LogP) is 2.50. The fourth-order valence-electron chi connectivity index (χ4n) is 2.38. The molecule has 1 aromatic carbocycles. The van der Waals surface area contributed by atoms with Crippen molar-refractivity contribution >= 4 is 33.0 Å². The highest BCUT2D eigenvalue weighted by Crippen LogP contribution is 2.29. The summed E-state index contributed by atoms with van der Waals surface area (Å²) in [6, 6.07) is 5.00. The van der Waals surface area contributed by atoms with E-state index in [0.29, 0.717) is 35.7 Å². The van der Waals surface area contributed by atoms with Crippen LogP contribution in [0.4, 0.5) is 5.69 Å². The van der Waals surface area contributed by atoms with E-state index in [9.17, 15) is 13.2 Å². The number of ether oxygens (including phenoxy) is 1. The first-order valence-corrected chi connectivity index (χ1v) is 8.93. The molecule has 0 atom stereocenters. The normalized spacial score (nSPS) is 18.2. The van der Waals surface area contributed by atoms with E-state index in [0.717, 1.165) is 0 Å². The van der Waals surface area contributed by atoms with Crippen LogP contribution in [0.5, 0.6) is 5.75 Å². The van der Waals surface area contributed by atoms with E-state index in [1.54, 1.807) is 18.2 Å². The molecule has 0 unspecified atom stereocenters. The third-order valence-corrected chi connectivity index (χ3v) is 5.53. The number of rotatable bonds is 4. The molecule has 0 saturated carbocycles. The number of benzene rings is 1. The first-order valence-electron chi connectivity index (χ1n) is 6.73. The molecule has 1 aliphatic rings. The van der Waals surface area contributed by atoms with Gasteiger partial charge in [-0.25, -0.2) is 8.42 Å². The summed E-state index contributed by atoms with van der Waals surface area (Å²) >= 11 is 5.91. The van der Waals surface area contributed by atoms with E-state index in [-0.39, 0.29) is 23.3 Å². The number of halogens is 1. The Morgan fingerprint density at radius 2 is 2.05 bits per heavy atom. The third-order valence-electron chi connectivity index (χ3n) is 3.58. The first kappa shape index (κ1) is 16.1. The van der Waals surface area contributed by atoms with E-state index >= 15 is 0 Å². The van der Waals surface area contributed by atoms with Gasteiger partial charge in [0, 0.05) is 11.4 Å². The summed E-state index contributed by atoms with van der Waals surface area (Å²) < 4.78 is 27.9. The van der Waals surface area contributed by atoms with Crippen molar-refractivity contribution in [3.05, 3.63) is 23.2 Å². The number of carbonyl (C=O) groups excluding carboxylic acids is 1. The molecule has 0 aromatic heterocycles. The highest BCUT2D eigenvalue weighted by atomic mass is 35.5. The molecule has 1 amide bonds. The minimum atomic E-state index is -2.90. The highest BCUT2D eigenvalue weighted by Gasteiger charge is 2.25. The number of hydrogen-bond acceptors (Lipinski definition) is 4. The van der Waals surface area contributed by atoms with E-state index in [1.807, 2.05) is 0 Å². The zero-order valence-electron chi connectivity index (χ0n) is 11.8. The van der Waals surface area contributed by atoms with Crippen LogP contribution in [0.15, 0.2) is 18.2 Å². The van der Waals surface area contributed by atoms with Crippen LogP contribution in [0.25, 0.3) is 0 Å². The topological polar surface area (TPSA) is 72.5 Å². The second kappa shape index (κ2) is 6.66. The van der Waals surface area contributed by atoms with Gasteiger partial charge in [-0.15, -0.1) is 0 Å². The van der Waals surface area contributed by atoms with Gasteiger partial charge in [0.25, 0.3) is 0 Å². The van der Waals surface area contributed by atoms with Crippen molar-refractivity contribution in [2.24, 2.45) is 5.92 Å². The molecule has 1 heterocycles. The fraction of sp³-hybridized carbons (Fsp3) is 0.500. The molecule has 116 valence electrons. The van der Waals surface area contributed by atoms with Crippen LogP contribution >= 0.6 is 11.6 Å². The van der Waals surface area contributed by atoms with Crippen molar-refractivity contribution in [3.63, 3.8) is 0 Å². The highest BCUT2D eigenvalue weighted by molar-refractivity contribution is 7.91. The smallest absolute Gasteiger partial charge is 0.224 e. The molecule has 7 heteroatoms. The van der Waals surface area contributed by atoms with E-state index in [2.05, 4.69) is 5.32 Å². The summed E-state index contributed by atoms with van der Waals surface area (Å²) in [5.41, 5.74) is 0.526. The van der Waals surface area contributed by atoms with Gasteiger partial charge < -0.3 is 10.1 Å². The van der Waals surface area contributed by atoms with Crippen LogP contribution in [0.3, 0.4) is 0 Å². The SMILES string of the molecule is COc1ccc(Cl)cc1NC(=O)CC1CCS(=O)(=O)CC1. The molecule has 5 nitrogen and oxygen atoms in total. The zero-order chi connectivity index (χ0) is 15.5. The van der Waals surface area contributed by atoms with Gasteiger partial charge in [0.1, 0.15) is 15.6 Å². The van der Waals surface area contributed by atoms with Gasteiger partial charge in [-0.3, -0.25) is 4.79 Å². The van der Waals surface area contributed by atoms with Gasteiger partial charge in [0.05, 0.1) is 24.3 Å². The number of anilines is 1. The predicted molar refractivity (Wildman–Crippen MR) is 82.6 cm³/mol. The third kappa shape index (κ3) is 4.61. The van der Waals surface area contributed by atoms with E-state index in [4.69, 9.17) is 16.3 Å². The Balaban J connectivity index is 1.95. The monoisotopic (exact) mass is 331 g/mol. The minimum absolute atomic E-state index is 0.110. The van der Waals surface area contributed by atoms with Gasteiger partial charge in [0.15, 0.2) is 0 Å². The summed E-state index contributed by atoms with van der Waals surface area (Å²) in [5.74, 6) is 0.842. The average molecular weight is 332 g/mol. The van der Waals surface area contributed by atoms with Crippen molar-refractivity contribution in [2.45, 2.75) is 19.3 Å². The van der Waals surface area contributed by atoms with E-state index in [1.165, 1.54) is 7.11 Å². The molecule has 1 saturated heterocycles. The number of nitrogens with one attached hydrogen (secondary N) is 1. The quantitative estimate of drug-likeness (QED) is 0.920. The van der Waals surface area contributed by atoms with Crippen LogP contribution in [-0.2, 0) is 14.6 Å². The minimum Gasteiger partial charge on any atom is -0.495 e. The van der Waals surface area contributed by atoms with Gasteiger partial charge >= 0.3 is 0 Å². The molecule has 0 bridgehead atoms. The second-order valence-corrected chi connectivity index (χ2v) is 7.93. The number of methoxy groups -OCH3 is 1. The van der Waals surface area contributed by atoms with Crippen LogP contribution in [0, 0.1) is 5.92 Å². The zero-order valence-corrected chi connectivity index (χ0v) is 13.3. The summed E-state index contributed by atoms with van der Waals surface area (Å²) in [4.78, 5) is 12.1. The molecule has 1 fully saturated rings. The first-order chi connectivity index (χ1) is 9.89. The molecule has 1 aliphatic heterocycles. The van der Waals surface area contributed by atoms with E-state index < -0.39 is 9.84 Å². The Morgan fingerprint density at radius 3 is 2.67 bits per heavy atom.